The molecule has 1 aliphatic heterocycles. The summed E-state index contributed by atoms with van der Waals surface area (Å²) in [5.41, 5.74) is 4.76. The lowest BCUT2D eigenvalue weighted by Crippen LogP contribution is -2.35. The van der Waals surface area contributed by atoms with Crippen LogP contribution in [0.4, 0.5) is 27.5 Å². The molecule has 39 heavy (non-hydrogen) atoms. The van der Waals surface area contributed by atoms with Crippen LogP contribution in [0.1, 0.15) is 45.7 Å². The maximum atomic E-state index is 13.3. The summed E-state index contributed by atoms with van der Waals surface area (Å²) in [5.74, 6) is 0.687. The van der Waals surface area contributed by atoms with Gasteiger partial charge in [-0.25, -0.2) is 14.2 Å². The van der Waals surface area contributed by atoms with Crippen molar-refractivity contribution in [3.8, 4) is 5.75 Å². The molecule has 1 N–H and O–H groups in total. The average molecular weight is 528 g/mol. The molecule has 0 saturated carbocycles. The normalized spacial score (nSPS) is 14.5. The second-order valence-corrected chi connectivity index (χ2v) is 9.39. The van der Waals surface area contributed by atoms with Crippen molar-refractivity contribution in [1.29, 1.82) is 0 Å². The monoisotopic (exact) mass is 527 g/mol. The van der Waals surface area contributed by atoms with Crippen molar-refractivity contribution in [3.05, 3.63) is 111 Å². The molecule has 2 heterocycles. The van der Waals surface area contributed by atoms with Gasteiger partial charge in [-0.15, -0.1) is 0 Å². The summed E-state index contributed by atoms with van der Waals surface area (Å²) in [6.45, 7) is 6.72. The van der Waals surface area contributed by atoms with E-state index in [4.69, 9.17) is 9.72 Å². The Morgan fingerprint density at radius 1 is 1.08 bits per heavy atom. The first-order chi connectivity index (χ1) is 18.7. The Kier molecular flexibility index (Phi) is 6.93. The van der Waals surface area contributed by atoms with Gasteiger partial charge in [-0.3, -0.25) is 10.1 Å². The number of aromatic nitrogens is 2. The fourth-order valence-electron chi connectivity index (χ4n) is 4.64. The lowest BCUT2D eigenvalue weighted by molar-refractivity contribution is -0.384. The first-order valence-electron chi connectivity index (χ1n) is 12.4. The van der Waals surface area contributed by atoms with Gasteiger partial charge in [0.15, 0.2) is 0 Å². The van der Waals surface area contributed by atoms with Crippen LogP contribution < -0.4 is 15.0 Å². The van der Waals surface area contributed by atoms with E-state index >= 15 is 0 Å². The number of anilines is 3. The van der Waals surface area contributed by atoms with E-state index in [2.05, 4.69) is 22.1 Å². The molecule has 9 nitrogen and oxygen atoms in total. The van der Waals surface area contributed by atoms with E-state index in [-0.39, 0.29) is 23.1 Å². The Labute approximate surface area is 224 Å². The summed E-state index contributed by atoms with van der Waals surface area (Å²) in [6, 6.07) is 16.8. The molecule has 1 unspecified atom stereocenters. The number of hydrogen-bond acceptors (Lipinski definition) is 8. The van der Waals surface area contributed by atoms with E-state index in [0.29, 0.717) is 17.4 Å². The minimum absolute atomic E-state index is 0.0709. The van der Waals surface area contributed by atoms with Gasteiger partial charge in [-0.2, -0.15) is 4.98 Å². The Morgan fingerprint density at radius 2 is 1.79 bits per heavy atom. The predicted molar refractivity (Wildman–Crippen MR) is 145 cm³/mol. The molecule has 0 spiro atoms. The number of fused-ring (bicyclic) bond motifs is 1. The molecule has 1 aliphatic rings. The van der Waals surface area contributed by atoms with Crippen LogP contribution in [0.25, 0.3) is 0 Å². The molecule has 4 aromatic rings. The Morgan fingerprint density at radius 3 is 2.49 bits per heavy atom. The number of carbonyl (C=O) groups is 1. The minimum Gasteiger partial charge on any atom is -0.423 e. The minimum atomic E-state index is -0.594. The van der Waals surface area contributed by atoms with Crippen LogP contribution in [0.5, 0.6) is 5.75 Å². The molecular weight excluding hydrogens is 501 g/mol. The highest BCUT2D eigenvalue weighted by Crippen LogP contribution is 2.37. The molecule has 0 bridgehead atoms. The average Bonchev–Trinajstić information content (AvgIpc) is 2.92. The number of hydrogen-bond donors (Lipinski definition) is 1. The maximum Gasteiger partial charge on any atom is 0.343 e. The van der Waals surface area contributed by atoms with Gasteiger partial charge in [0.05, 0.1) is 16.5 Å². The van der Waals surface area contributed by atoms with E-state index < -0.39 is 10.9 Å². The fourth-order valence-corrected chi connectivity index (χ4v) is 4.64. The van der Waals surface area contributed by atoms with Gasteiger partial charge >= 0.3 is 5.97 Å². The van der Waals surface area contributed by atoms with Crippen molar-refractivity contribution in [1.82, 2.24) is 9.97 Å². The SMILES string of the molecule is Cc1nc(Nc2ccc(F)cc2)nc(N2CCc3ccc(OC(=O)c4ccc([N+](=O)[O-])cc4)cc3C2C)c1C. The molecule has 5 rings (SSSR count). The number of ether oxygens (including phenoxy) is 1. The Hall–Kier alpha value is -4.86. The van der Waals surface area contributed by atoms with Gasteiger partial charge in [-0.05, 0) is 86.8 Å². The summed E-state index contributed by atoms with van der Waals surface area (Å²) >= 11 is 0. The van der Waals surface area contributed by atoms with Crippen LogP contribution in [0.2, 0.25) is 0 Å². The molecule has 10 heteroatoms. The highest BCUT2D eigenvalue weighted by atomic mass is 19.1. The number of nitro groups is 1. The zero-order valence-electron chi connectivity index (χ0n) is 21.6. The highest BCUT2D eigenvalue weighted by molar-refractivity contribution is 5.91. The number of benzene rings is 3. The third-order valence-corrected chi connectivity index (χ3v) is 6.92. The van der Waals surface area contributed by atoms with Gasteiger partial charge in [0.1, 0.15) is 17.4 Å². The van der Waals surface area contributed by atoms with Gasteiger partial charge in [0.2, 0.25) is 5.95 Å². The standard InChI is InChI=1S/C29H26FN5O4/c1-17-18(2)31-29(32-23-9-7-22(30)8-10-23)33-27(17)34-15-14-20-6-13-25(16-26(20)19(34)3)39-28(36)21-4-11-24(12-5-21)35(37)38/h4-13,16,19H,14-15H2,1-3H3,(H,31,32,33). The van der Waals surface area contributed by atoms with Gasteiger partial charge in [-0.1, -0.05) is 6.07 Å². The zero-order chi connectivity index (χ0) is 27.7. The number of nitrogens with one attached hydrogen (secondary N) is 1. The Bertz CT molecular complexity index is 1560. The third-order valence-electron chi connectivity index (χ3n) is 6.92. The number of halogens is 1. The summed E-state index contributed by atoms with van der Waals surface area (Å²) < 4.78 is 18.9. The van der Waals surface area contributed by atoms with E-state index in [9.17, 15) is 19.3 Å². The summed E-state index contributed by atoms with van der Waals surface area (Å²) in [6.07, 6.45) is 0.777. The van der Waals surface area contributed by atoms with E-state index in [1.54, 1.807) is 18.2 Å². The molecule has 0 aliphatic carbocycles. The number of esters is 1. The maximum absolute atomic E-state index is 13.3. The van der Waals surface area contributed by atoms with Gasteiger partial charge < -0.3 is 15.0 Å². The van der Waals surface area contributed by atoms with Crippen molar-refractivity contribution in [2.75, 3.05) is 16.8 Å². The van der Waals surface area contributed by atoms with Crippen molar-refractivity contribution < 1.29 is 18.8 Å². The quantitative estimate of drug-likeness (QED) is 0.136. The first kappa shape index (κ1) is 25.8. The molecule has 0 fully saturated rings. The van der Waals surface area contributed by atoms with Crippen LogP contribution in [-0.4, -0.2) is 27.4 Å². The van der Waals surface area contributed by atoms with Gasteiger partial charge in [0, 0.05) is 35.6 Å². The smallest absolute Gasteiger partial charge is 0.343 e. The topological polar surface area (TPSA) is 110 Å². The van der Waals surface area contributed by atoms with Gasteiger partial charge in [0.25, 0.3) is 5.69 Å². The van der Waals surface area contributed by atoms with Crippen LogP contribution in [0, 0.1) is 29.8 Å². The molecule has 0 amide bonds. The summed E-state index contributed by atoms with van der Waals surface area (Å²) in [4.78, 5) is 34.6. The molecule has 1 aromatic heterocycles. The number of aryl methyl sites for hydroxylation is 1. The summed E-state index contributed by atoms with van der Waals surface area (Å²) in [5, 5.41) is 14.0. The van der Waals surface area contributed by atoms with Crippen LogP contribution in [0.15, 0.2) is 66.7 Å². The fraction of sp³-hybridized carbons (Fsp3) is 0.207. The molecule has 3 aromatic carbocycles. The highest BCUT2D eigenvalue weighted by Gasteiger charge is 2.28. The van der Waals surface area contributed by atoms with Crippen LogP contribution in [0.3, 0.4) is 0 Å². The van der Waals surface area contributed by atoms with Crippen molar-refractivity contribution >= 4 is 29.1 Å². The molecular formula is C29H26FN5O4. The third kappa shape index (κ3) is 5.40. The Balaban J connectivity index is 1.38. The molecule has 0 saturated heterocycles. The number of non-ortho nitro benzene ring substituents is 1. The van der Waals surface area contributed by atoms with E-state index in [0.717, 1.165) is 41.2 Å². The molecule has 1 atom stereocenters. The number of nitro benzene ring substituents is 1. The van der Waals surface area contributed by atoms with Crippen molar-refractivity contribution in [3.63, 3.8) is 0 Å². The van der Waals surface area contributed by atoms with Crippen LogP contribution in [-0.2, 0) is 6.42 Å². The number of rotatable bonds is 6. The van der Waals surface area contributed by atoms with E-state index in [1.165, 1.54) is 36.4 Å². The first-order valence-corrected chi connectivity index (χ1v) is 12.4. The molecule has 198 valence electrons. The lowest BCUT2D eigenvalue weighted by atomic mass is 9.93. The number of nitrogens with zero attached hydrogens (tertiary/aromatic N) is 4. The largest absolute Gasteiger partial charge is 0.423 e. The predicted octanol–water partition coefficient (Wildman–Crippen LogP) is 6.23. The van der Waals surface area contributed by atoms with Crippen molar-refractivity contribution in [2.24, 2.45) is 0 Å². The second kappa shape index (κ2) is 10.5. The molecule has 0 radical (unpaired) electrons. The number of carbonyl (C=O) groups excluding carboxylic acids is 1. The van der Waals surface area contributed by atoms with Crippen molar-refractivity contribution in [2.45, 2.75) is 33.2 Å². The zero-order valence-corrected chi connectivity index (χ0v) is 21.6. The van der Waals surface area contributed by atoms with Crippen LogP contribution >= 0.6 is 0 Å². The lowest BCUT2D eigenvalue weighted by Gasteiger charge is -2.37. The van der Waals surface area contributed by atoms with E-state index in [1.807, 2.05) is 26.0 Å². The second-order valence-electron chi connectivity index (χ2n) is 9.39. The summed E-state index contributed by atoms with van der Waals surface area (Å²) in [7, 11) is 0.